The van der Waals surface area contributed by atoms with Crippen LogP contribution in [0, 0.1) is 12.7 Å². The second-order valence-electron chi connectivity index (χ2n) is 4.28. The standard InChI is InChI=1S/C13H17ClFNO/c1-9-4-5-11(12(15)8-9)13(17)16(3)7-6-10(2)14/h4-5,8,10H,6-7H2,1-3H3. The number of amides is 1. The Bertz CT molecular complexity index is 406. The lowest BCUT2D eigenvalue weighted by molar-refractivity contribution is 0.0789. The third-order valence-corrected chi connectivity index (χ3v) is 2.78. The van der Waals surface area contributed by atoms with Crippen LogP contribution in [0.15, 0.2) is 18.2 Å². The summed E-state index contributed by atoms with van der Waals surface area (Å²) in [5, 5.41) is 0.00751. The van der Waals surface area contributed by atoms with E-state index in [-0.39, 0.29) is 16.8 Å². The van der Waals surface area contributed by atoms with E-state index < -0.39 is 5.82 Å². The van der Waals surface area contributed by atoms with Crippen LogP contribution in [0.3, 0.4) is 0 Å². The van der Waals surface area contributed by atoms with Gasteiger partial charge in [-0.15, -0.1) is 11.6 Å². The molecule has 0 radical (unpaired) electrons. The van der Waals surface area contributed by atoms with Crippen molar-refractivity contribution in [3.05, 3.63) is 35.1 Å². The van der Waals surface area contributed by atoms with Gasteiger partial charge in [0.2, 0.25) is 0 Å². The van der Waals surface area contributed by atoms with Crippen LogP contribution >= 0.6 is 11.6 Å². The van der Waals surface area contributed by atoms with Gasteiger partial charge in [-0.05, 0) is 38.0 Å². The van der Waals surface area contributed by atoms with Gasteiger partial charge in [-0.2, -0.15) is 0 Å². The van der Waals surface area contributed by atoms with Crippen LogP contribution < -0.4 is 0 Å². The van der Waals surface area contributed by atoms with Gasteiger partial charge in [0.15, 0.2) is 0 Å². The highest BCUT2D eigenvalue weighted by atomic mass is 35.5. The zero-order valence-corrected chi connectivity index (χ0v) is 11.1. The molecule has 0 aromatic heterocycles. The number of alkyl halides is 1. The van der Waals surface area contributed by atoms with E-state index in [1.165, 1.54) is 17.0 Å². The maximum Gasteiger partial charge on any atom is 0.256 e. The average Bonchev–Trinajstić information content (AvgIpc) is 2.25. The molecule has 94 valence electrons. The van der Waals surface area contributed by atoms with Crippen LogP contribution in [0.4, 0.5) is 4.39 Å². The SMILES string of the molecule is Cc1ccc(C(=O)N(C)CCC(C)Cl)c(F)c1. The van der Waals surface area contributed by atoms with Crippen molar-refractivity contribution < 1.29 is 9.18 Å². The quantitative estimate of drug-likeness (QED) is 0.759. The molecule has 0 aliphatic heterocycles. The summed E-state index contributed by atoms with van der Waals surface area (Å²) < 4.78 is 13.6. The average molecular weight is 258 g/mol. The van der Waals surface area contributed by atoms with Crippen molar-refractivity contribution in [2.75, 3.05) is 13.6 Å². The molecule has 17 heavy (non-hydrogen) atoms. The second-order valence-corrected chi connectivity index (χ2v) is 5.02. The maximum atomic E-state index is 13.6. The summed E-state index contributed by atoms with van der Waals surface area (Å²) in [4.78, 5) is 13.4. The van der Waals surface area contributed by atoms with Gasteiger partial charge in [-0.3, -0.25) is 4.79 Å². The summed E-state index contributed by atoms with van der Waals surface area (Å²) in [6, 6.07) is 4.62. The van der Waals surface area contributed by atoms with Crippen molar-refractivity contribution in [2.24, 2.45) is 0 Å². The minimum atomic E-state index is -0.472. The Morgan fingerprint density at radius 3 is 2.71 bits per heavy atom. The lowest BCUT2D eigenvalue weighted by Crippen LogP contribution is -2.29. The lowest BCUT2D eigenvalue weighted by atomic mass is 10.1. The largest absolute Gasteiger partial charge is 0.342 e. The van der Waals surface area contributed by atoms with Crippen molar-refractivity contribution in [3.63, 3.8) is 0 Å². The first kappa shape index (κ1) is 14.0. The number of rotatable bonds is 4. The Morgan fingerprint density at radius 1 is 1.53 bits per heavy atom. The van der Waals surface area contributed by atoms with E-state index in [1.807, 2.05) is 6.92 Å². The number of hydrogen-bond acceptors (Lipinski definition) is 1. The number of halogens is 2. The highest BCUT2D eigenvalue weighted by Crippen LogP contribution is 2.12. The van der Waals surface area contributed by atoms with Gasteiger partial charge in [0.1, 0.15) is 5.82 Å². The van der Waals surface area contributed by atoms with E-state index in [1.54, 1.807) is 20.0 Å². The number of nitrogens with zero attached hydrogens (tertiary/aromatic N) is 1. The van der Waals surface area contributed by atoms with Gasteiger partial charge in [0.25, 0.3) is 5.91 Å². The van der Waals surface area contributed by atoms with Crippen LogP contribution in [0.2, 0.25) is 0 Å². The van der Waals surface area contributed by atoms with Crippen LogP contribution in [-0.2, 0) is 0 Å². The van der Waals surface area contributed by atoms with E-state index in [9.17, 15) is 9.18 Å². The van der Waals surface area contributed by atoms with Crippen LogP contribution in [-0.4, -0.2) is 29.8 Å². The van der Waals surface area contributed by atoms with E-state index >= 15 is 0 Å². The first-order valence-electron chi connectivity index (χ1n) is 5.57. The van der Waals surface area contributed by atoms with E-state index in [0.29, 0.717) is 13.0 Å². The summed E-state index contributed by atoms with van der Waals surface area (Å²) in [7, 11) is 1.65. The van der Waals surface area contributed by atoms with Crippen molar-refractivity contribution in [1.29, 1.82) is 0 Å². The zero-order valence-electron chi connectivity index (χ0n) is 10.3. The fourth-order valence-corrected chi connectivity index (χ4v) is 1.57. The number of carbonyl (C=O) groups excluding carboxylic acids is 1. The molecule has 0 aliphatic carbocycles. The first-order valence-corrected chi connectivity index (χ1v) is 6.01. The number of hydrogen-bond donors (Lipinski definition) is 0. The van der Waals surface area contributed by atoms with Gasteiger partial charge >= 0.3 is 0 Å². The molecule has 2 nitrogen and oxygen atoms in total. The topological polar surface area (TPSA) is 20.3 Å². The highest BCUT2D eigenvalue weighted by molar-refractivity contribution is 6.20. The Labute approximate surface area is 106 Å². The fourth-order valence-electron chi connectivity index (χ4n) is 1.47. The smallest absolute Gasteiger partial charge is 0.256 e. The molecule has 0 aliphatic rings. The molecule has 1 amide bonds. The first-order chi connectivity index (χ1) is 7.91. The van der Waals surface area contributed by atoms with Crippen molar-refractivity contribution in [2.45, 2.75) is 25.6 Å². The van der Waals surface area contributed by atoms with Crippen molar-refractivity contribution in [3.8, 4) is 0 Å². The molecule has 0 N–H and O–H groups in total. The molecule has 0 saturated heterocycles. The summed E-state index contributed by atoms with van der Waals surface area (Å²) in [5.74, 6) is -0.777. The third-order valence-electron chi connectivity index (χ3n) is 2.56. The zero-order chi connectivity index (χ0) is 13.0. The Balaban J connectivity index is 2.75. The molecule has 1 aromatic carbocycles. The minimum Gasteiger partial charge on any atom is -0.342 e. The number of carbonyl (C=O) groups is 1. The summed E-state index contributed by atoms with van der Waals surface area (Å²) in [6.45, 7) is 4.18. The van der Waals surface area contributed by atoms with E-state index in [0.717, 1.165) is 5.56 Å². The van der Waals surface area contributed by atoms with Gasteiger partial charge in [0, 0.05) is 19.0 Å². The van der Waals surface area contributed by atoms with Gasteiger partial charge < -0.3 is 4.90 Å². The number of benzene rings is 1. The summed E-state index contributed by atoms with van der Waals surface area (Å²) in [5.41, 5.74) is 0.913. The van der Waals surface area contributed by atoms with Gasteiger partial charge in [-0.1, -0.05) is 6.07 Å². The predicted molar refractivity (Wildman–Crippen MR) is 68.0 cm³/mol. The van der Waals surface area contributed by atoms with Crippen LogP contribution in [0.25, 0.3) is 0 Å². The van der Waals surface area contributed by atoms with Crippen molar-refractivity contribution >= 4 is 17.5 Å². The molecule has 0 saturated carbocycles. The summed E-state index contributed by atoms with van der Waals surface area (Å²) in [6.07, 6.45) is 0.692. The molecule has 1 rings (SSSR count). The Hall–Kier alpha value is -1.09. The van der Waals surface area contributed by atoms with Gasteiger partial charge in [0.05, 0.1) is 5.56 Å². The normalized spacial score (nSPS) is 12.3. The lowest BCUT2D eigenvalue weighted by Gasteiger charge is -2.18. The second kappa shape index (κ2) is 6.01. The maximum absolute atomic E-state index is 13.6. The highest BCUT2D eigenvalue weighted by Gasteiger charge is 2.16. The Kier molecular flexibility index (Phi) is 4.94. The molecule has 0 fully saturated rings. The predicted octanol–water partition coefficient (Wildman–Crippen LogP) is 3.22. The molecule has 1 aromatic rings. The fraction of sp³-hybridized carbons (Fsp3) is 0.462. The third kappa shape index (κ3) is 4.00. The molecule has 0 bridgehead atoms. The molecule has 1 unspecified atom stereocenters. The molecular formula is C13H17ClFNO. The molecule has 0 spiro atoms. The molecule has 1 atom stereocenters. The molecule has 0 heterocycles. The van der Waals surface area contributed by atoms with E-state index in [2.05, 4.69) is 0 Å². The minimum absolute atomic E-state index is 0.00751. The van der Waals surface area contributed by atoms with Crippen LogP contribution in [0.1, 0.15) is 29.3 Å². The molecular weight excluding hydrogens is 241 g/mol. The van der Waals surface area contributed by atoms with E-state index in [4.69, 9.17) is 11.6 Å². The van der Waals surface area contributed by atoms with Gasteiger partial charge in [-0.25, -0.2) is 4.39 Å². The molecule has 4 heteroatoms. The monoisotopic (exact) mass is 257 g/mol. The summed E-state index contributed by atoms with van der Waals surface area (Å²) >= 11 is 5.81. The van der Waals surface area contributed by atoms with Crippen molar-refractivity contribution in [1.82, 2.24) is 4.90 Å². The number of aryl methyl sites for hydroxylation is 1. The van der Waals surface area contributed by atoms with Crippen LogP contribution in [0.5, 0.6) is 0 Å². The Morgan fingerprint density at radius 2 is 2.18 bits per heavy atom.